The molecule has 0 N–H and O–H groups in total. The Bertz CT molecular complexity index is 906. The number of benzene rings is 2. The van der Waals surface area contributed by atoms with Gasteiger partial charge in [-0.05, 0) is 49.9 Å². The van der Waals surface area contributed by atoms with Crippen LogP contribution >= 0.6 is 12.4 Å². The average molecular weight is 479 g/mol. The topological polar surface area (TPSA) is 51.2 Å². The number of nitrogens with zero attached hydrogens (tertiary/aromatic N) is 2. The van der Waals surface area contributed by atoms with Crippen molar-refractivity contribution in [3.63, 3.8) is 0 Å². The summed E-state index contributed by atoms with van der Waals surface area (Å²) in [4.78, 5) is 17.4. The summed E-state index contributed by atoms with van der Waals surface area (Å²) in [5.74, 6) is 1.27. The van der Waals surface area contributed by atoms with Crippen LogP contribution in [0, 0.1) is 5.82 Å². The molecule has 0 unspecified atom stereocenters. The van der Waals surface area contributed by atoms with Gasteiger partial charge in [-0.3, -0.25) is 9.69 Å². The maximum Gasteiger partial charge on any atom is 0.254 e. The fourth-order valence-corrected chi connectivity index (χ4v) is 4.63. The van der Waals surface area contributed by atoms with Crippen LogP contribution in [0.2, 0.25) is 0 Å². The number of hydrogen-bond acceptors (Lipinski definition) is 5. The van der Waals surface area contributed by atoms with E-state index in [-0.39, 0.29) is 30.2 Å². The standard InChI is InChI=1S/C25H31FN2O4.ClH/c1-30-21-15-18(16-22(17-21)31-2)25(29)28-11-7-19(8-12-28)27-13-9-20(10-14-27)32-24-6-4-3-5-23(24)26;/h3-6,15-17,19-20H,7-14H2,1-2H3;1H. The fourth-order valence-electron chi connectivity index (χ4n) is 4.63. The monoisotopic (exact) mass is 478 g/mol. The molecule has 2 aromatic carbocycles. The van der Waals surface area contributed by atoms with Crippen molar-refractivity contribution >= 4 is 18.3 Å². The molecular weight excluding hydrogens is 447 g/mol. The van der Waals surface area contributed by atoms with Gasteiger partial charge in [0.2, 0.25) is 0 Å². The van der Waals surface area contributed by atoms with E-state index in [1.165, 1.54) is 6.07 Å². The molecule has 0 saturated carbocycles. The molecule has 0 aromatic heterocycles. The van der Waals surface area contributed by atoms with Crippen LogP contribution in [0.3, 0.4) is 0 Å². The lowest BCUT2D eigenvalue weighted by Crippen LogP contribution is -2.50. The maximum absolute atomic E-state index is 13.8. The molecule has 2 aromatic rings. The molecule has 1 amide bonds. The quantitative estimate of drug-likeness (QED) is 0.615. The summed E-state index contributed by atoms with van der Waals surface area (Å²) < 4.78 is 30.3. The van der Waals surface area contributed by atoms with Crippen molar-refractivity contribution in [3.8, 4) is 17.2 Å². The van der Waals surface area contributed by atoms with Crippen LogP contribution in [0.15, 0.2) is 42.5 Å². The van der Waals surface area contributed by atoms with Crippen LogP contribution in [-0.4, -0.2) is 68.3 Å². The van der Waals surface area contributed by atoms with Gasteiger partial charge in [0.15, 0.2) is 11.6 Å². The van der Waals surface area contributed by atoms with E-state index in [9.17, 15) is 9.18 Å². The number of rotatable bonds is 6. The van der Waals surface area contributed by atoms with E-state index in [0.717, 1.165) is 51.9 Å². The van der Waals surface area contributed by atoms with Gasteiger partial charge in [-0.1, -0.05) is 12.1 Å². The number of piperidine rings is 2. The summed E-state index contributed by atoms with van der Waals surface area (Å²) >= 11 is 0. The van der Waals surface area contributed by atoms with E-state index >= 15 is 0 Å². The van der Waals surface area contributed by atoms with E-state index in [4.69, 9.17) is 14.2 Å². The highest BCUT2D eigenvalue weighted by Crippen LogP contribution is 2.27. The SMILES string of the molecule is COc1cc(OC)cc(C(=O)N2CCC(N3CCC(Oc4ccccc4F)CC3)CC2)c1.Cl. The van der Waals surface area contributed by atoms with E-state index in [0.29, 0.717) is 28.9 Å². The van der Waals surface area contributed by atoms with E-state index in [1.807, 2.05) is 4.90 Å². The normalized spacial score (nSPS) is 17.8. The third-order valence-corrected chi connectivity index (χ3v) is 6.47. The lowest BCUT2D eigenvalue weighted by Gasteiger charge is -2.41. The van der Waals surface area contributed by atoms with Gasteiger partial charge < -0.3 is 19.1 Å². The third-order valence-electron chi connectivity index (χ3n) is 6.47. The summed E-state index contributed by atoms with van der Waals surface area (Å²) in [6.07, 6.45) is 3.72. The molecule has 0 atom stereocenters. The third kappa shape index (κ3) is 6.09. The summed E-state index contributed by atoms with van der Waals surface area (Å²) in [5, 5.41) is 0. The molecular formula is C25H32ClFN2O4. The lowest BCUT2D eigenvalue weighted by molar-refractivity contribution is 0.0416. The number of methoxy groups -OCH3 is 2. The Morgan fingerprint density at radius 1 is 0.909 bits per heavy atom. The number of carbonyl (C=O) groups excluding carboxylic acids is 1. The second-order valence-electron chi connectivity index (χ2n) is 8.41. The molecule has 8 heteroatoms. The highest BCUT2D eigenvalue weighted by molar-refractivity contribution is 5.95. The number of para-hydroxylation sites is 1. The molecule has 2 fully saturated rings. The zero-order chi connectivity index (χ0) is 22.5. The smallest absolute Gasteiger partial charge is 0.254 e. The van der Waals surface area contributed by atoms with Gasteiger partial charge in [0.25, 0.3) is 5.91 Å². The maximum atomic E-state index is 13.8. The van der Waals surface area contributed by atoms with Crippen LogP contribution < -0.4 is 14.2 Å². The molecule has 0 bridgehead atoms. The fraction of sp³-hybridized carbons (Fsp3) is 0.480. The van der Waals surface area contributed by atoms with Crippen molar-refractivity contribution in [2.75, 3.05) is 40.4 Å². The molecule has 0 radical (unpaired) electrons. The Kier molecular flexibility index (Phi) is 8.80. The minimum Gasteiger partial charge on any atom is -0.497 e. The van der Waals surface area contributed by atoms with Crippen LogP contribution in [0.5, 0.6) is 17.2 Å². The van der Waals surface area contributed by atoms with Crippen LogP contribution in [-0.2, 0) is 0 Å². The molecule has 2 saturated heterocycles. The summed E-state index contributed by atoms with van der Waals surface area (Å²) in [5.41, 5.74) is 0.589. The van der Waals surface area contributed by atoms with Crippen LogP contribution in [0.1, 0.15) is 36.0 Å². The average Bonchev–Trinajstić information content (AvgIpc) is 2.85. The number of carbonyl (C=O) groups is 1. The summed E-state index contributed by atoms with van der Waals surface area (Å²) in [6, 6.07) is 12.3. The second-order valence-corrected chi connectivity index (χ2v) is 8.41. The van der Waals surface area contributed by atoms with E-state index < -0.39 is 0 Å². The second kappa shape index (κ2) is 11.6. The van der Waals surface area contributed by atoms with Crippen molar-refractivity contribution in [1.29, 1.82) is 0 Å². The summed E-state index contributed by atoms with van der Waals surface area (Å²) in [6.45, 7) is 3.33. The molecule has 0 spiro atoms. The van der Waals surface area contributed by atoms with Gasteiger partial charge in [-0.25, -0.2) is 4.39 Å². The minimum atomic E-state index is -0.305. The van der Waals surface area contributed by atoms with Crippen molar-refractivity contribution < 1.29 is 23.4 Å². The Hall–Kier alpha value is -2.51. The Morgan fingerprint density at radius 3 is 2.09 bits per heavy atom. The molecule has 0 aliphatic carbocycles. The first-order valence-corrected chi connectivity index (χ1v) is 11.2. The molecule has 33 heavy (non-hydrogen) atoms. The van der Waals surface area contributed by atoms with Gasteiger partial charge in [0.1, 0.15) is 17.6 Å². The first kappa shape index (κ1) is 25.1. The van der Waals surface area contributed by atoms with Gasteiger partial charge in [-0.2, -0.15) is 0 Å². The first-order valence-electron chi connectivity index (χ1n) is 11.2. The van der Waals surface area contributed by atoms with Crippen molar-refractivity contribution in [1.82, 2.24) is 9.80 Å². The van der Waals surface area contributed by atoms with Gasteiger partial charge in [0.05, 0.1) is 14.2 Å². The predicted molar refractivity (Wildman–Crippen MR) is 127 cm³/mol. The first-order chi connectivity index (χ1) is 15.6. The number of amides is 1. The molecule has 6 nitrogen and oxygen atoms in total. The lowest BCUT2D eigenvalue weighted by atomic mass is 9.98. The largest absolute Gasteiger partial charge is 0.497 e. The Balaban J connectivity index is 0.00000306. The zero-order valence-corrected chi connectivity index (χ0v) is 20.0. The zero-order valence-electron chi connectivity index (χ0n) is 19.2. The highest BCUT2D eigenvalue weighted by atomic mass is 35.5. The van der Waals surface area contributed by atoms with E-state index in [1.54, 1.807) is 50.6 Å². The van der Waals surface area contributed by atoms with Crippen molar-refractivity contribution in [2.45, 2.75) is 37.8 Å². The summed E-state index contributed by atoms with van der Waals surface area (Å²) in [7, 11) is 3.16. The number of hydrogen-bond donors (Lipinski definition) is 0. The van der Waals surface area contributed by atoms with Gasteiger partial charge >= 0.3 is 0 Å². The Morgan fingerprint density at radius 2 is 1.52 bits per heavy atom. The number of likely N-dealkylation sites (tertiary alicyclic amines) is 2. The van der Waals surface area contributed by atoms with E-state index in [2.05, 4.69) is 4.90 Å². The predicted octanol–water partition coefficient (Wildman–Crippen LogP) is 4.41. The molecule has 2 aliphatic heterocycles. The molecule has 2 aliphatic rings. The van der Waals surface area contributed by atoms with Crippen LogP contribution in [0.4, 0.5) is 4.39 Å². The Labute approximate surface area is 201 Å². The van der Waals surface area contributed by atoms with Gasteiger partial charge in [0, 0.05) is 43.9 Å². The number of ether oxygens (including phenoxy) is 3. The van der Waals surface area contributed by atoms with Crippen molar-refractivity contribution in [2.24, 2.45) is 0 Å². The van der Waals surface area contributed by atoms with Gasteiger partial charge in [-0.15, -0.1) is 12.4 Å². The minimum absolute atomic E-state index is 0. The molecule has 4 rings (SSSR count). The molecule has 180 valence electrons. The highest BCUT2D eigenvalue weighted by Gasteiger charge is 2.31. The van der Waals surface area contributed by atoms with Crippen LogP contribution in [0.25, 0.3) is 0 Å². The number of halogens is 2. The van der Waals surface area contributed by atoms with Crippen molar-refractivity contribution in [3.05, 3.63) is 53.8 Å². The molecule has 2 heterocycles.